The Bertz CT molecular complexity index is 1500. The summed E-state index contributed by atoms with van der Waals surface area (Å²) in [5.41, 5.74) is 2.18. The van der Waals surface area contributed by atoms with Gasteiger partial charge in [0, 0.05) is 56.8 Å². The molecule has 0 radical (unpaired) electrons. The number of carbonyl (C=O) groups excluding carboxylic acids is 1. The summed E-state index contributed by atoms with van der Waals surface area (Å²) in [7, 11) is -2.21. The molecule has 3 aromatic rings. The van der Waals surface area contributed by atoms with Gasteiger partial charge >= 0.3 is 0 Å². The van der Waals surface area contributed by atoms with E-state index in [1.54, 1.807) is 32.2 Å². The number of amides is 1. The topological polar surface area (TPSA) is 116 Å². The van der Waals surface area contributed by atoms with Crippen LogP contribution in [-0.4, -0.2) is 85.0 Å². The molecule has 1 amide bonds. The number of likely N-dealkylation sites (tertiary alicyclic amines) is 1. The van der Waals surface area contributed by atoms with Gasteiger partial charge in [-0.05, 0) is 55.0 Å². The average Bonchev–Trinajstić information content (AvgIpc) is 3.34. The molecule has 6 rings (SSSR count). The van der Waals surface area contributed by atoms with Gasteiger partial charge < -0.3 is 19.6 Å². The van der Waals surface area contributed by atoms with E-state index in [-0.39, 0.29) is 24.0 Å². The number of aliphatic hydroxyl groups is 1. The number of hydrogen-bond donors (Lipinski definition) is 1. The summed E-state index contributed by atoms with van der Waals surface area (Å²) in [6, 6.07) is 8.97. The van der Waals surface area contributed by atoms with Crippen LogP contribution in [0.1, 0.15) is 31.7 Å². The molecule has 1 spiro atoms. The second kappa shape index (κ2) is 9.44. The maximum Gasteiger partial charge on any atom is 0.243 e. The number of ether oxygens (including phenoxy) is 1. The quantitative estimate of drug-likeness (QED) is 0.450. The second-order valence-electron chi connectivity index (χ2n) is 10.4. The standard InChI is InChI=1S/C26H31N5O5S2/c1-17(33)29-10-9-26(15-29)16-31(25-27-21-6-8-23(36-2)28-24(21)37-25)22-7-5-19(13-20(22)26)38(34,35)30(11-12-32)14-18-3-4-18/h5-8,13,18,32H,3-4,9-12,14-16H2,1-2H3. The Morgan fingerprint density at radius 1 is 1.24 bits per heavy atom. The van der Waals surface area contributed by atoms with Crippen molar-refractivity contribution in [3.63, 3.8) is 0 Å². The highest BCUT2D eigenvalue weighted by atomic mass is 32.2. The second-order valence-corrected chi connectivity index (χ2v) is 13.3. The molecule has 1 aliphatic carbocycles. The zero-order valence-corrected chi connectivity index (χ0v) is 23.1. The molecule has 1 atom stereocenters. The first-order valence-electron chi connectivity index (χ1n) is 12.8. The third kappa shape index (κ3) is 4.33. The van der Waals surface area contributed by atoms with Crippen LogP contribution in [-0.2, 0) is 20.2 Å². The fourth-order valence-corrected chi connectivity index (χ4v) is 8.12. The van der Waals surface area contributed by atoms with Crippen LogP contribution in [0.2, 0.25) is 0 Å². The number of hydrogen-bond acceptors (Lipinski definition) is 9. The lowest BCUT2D eigenvalue weighted by Gasteiger charge is -2.26. The number of anilines is 2. The zero-order valence-electron chi connectivity index (χ0n) is 21.5. The summed E-state index contributed by atoms with van der Waals surface area (Å²) in [5.74, 6) is 0.894. The summed E-state index contributed by atoms with van der Waals surface area (Å²) in [6.07, 6.45) is 2.77. The number of thiazole rings is 1. The van der Waals surface area contributed by atoms with E-state index < -0.39 is 15.4 Å². The van der Waals surface area contributed by atoms with E-state index in [2.05, 4.69) is 9.88 Å². The van der Waals surface area contributed by atoms with Gasteiger partial charge in [-0.25, -0.2) is 18.4 Å². The van der Waals surface area contributed by atoms with E-state index >= 15 is 0 Å². The van der Waals surface area contributed by atoms with Crippen LogP contribution in [0.5, 0.6) is 5.88 Å². The van der Waals surface area contributed by atoms with E-state index in [1.807, 2.05) is 17.0 Å². The number of aliphatic hydroxyl groups excluding tert-OH is 1. The van der Waals surface area contributed by atoms with E-state index in [0.717, 1.165) is 46.0 Å². The van der Waals surface area contributed by atoms with Crippen molar-refractivity contribution in [3.05, 3.63) is 35.9 Å². The number of fused-ring (bicyclic) bond motifs is 3. The zero-order chi connectivity index (χ0) is 26.7. The molecule has 1 unspecified atom stereocenters. The number of carbonyl (C=O) groups is 1. The molecule has 3 aliphatic rings. The molecule has 1 aromatic carbocycles. The van der Waals surface area contributed by atoms with Crippen molar-refractivity contribution in [2.45, 2.75) is 36.5 Å². The van der Waals surface area contributed by atoms with Crippen molar-refractivity contribution in [3.8, 4) is 5.88 Å². The van der Waals surface area contributed by atoms with Crippen molar-refractivity contribution in [2.75, 3.05) is 51.3 Å². The van der Waals surface area contributed by atoms with E-state index in [1.165, 1.54) is 15.6 Å². The van der Waals surface area contributed by atoms with E-state index in [4.69, 9.17) is 9.72 Å². The van der Waals surface area contributed by atoms with Gasteiger partial charge in [0.25, 0.3) is 0 Å². The average molecular weight is 558 g/mol. The molecule has 1 saturated carbocycles. The molecule has 12 heteroatoms. The summed E-state index contributed by atoms with van der Waals surface area (Å²) < 4.78 is 34.1. The minimum Gasteiger partial charge on any atom is -0.481 e. The van der Waals surface area contributed by atoms with Gasteiger partial charge in [-0.15, -0.1) is 0 Å². The first-order valence-corrected chi connectivity index (χ1v) is 15.1. The van der Waals surface area contributed by atoms with Gasteiger partial charge in [0.2, 0.25) is 21.8 Å². The highest BCUT2D eigenvalue weighted by Crippen LogP contribution is 2.51. The summed E-state index contributed by atoms with van der Waals surface area (Å²) in [4.78, 5) is 26.6. The van der Waals surface area contributed by atoms with Crippen LogP contribution in [0.25, 0.3) is 10.3 Å². The van der Waals surface area contributed by atoms with Crippen molar-refractivity contribution in [2.24, 2.45) is 5.92 Å². The Morgan fingerprint density at radius 3 is 2.74 bits per heavy atom. The molecule has 2 aliphatic heterocycles. The third-order valence-corrected chi connectivity index (χ3v) is 10.7. The largest absolute Gasteiger partial charge is 0.481 e. The molecule has 0 bridgehead atoms. The molecular weight excluding hydrogens is 526 g/mol. The molecule has 2 aromatic heterocycles. The monoisotopic (exact) mass is 557 g/mol. The number of aromatic nitrogens is 2. The molecule has 1 saturated heterocycles. The Hall–Kier alpha value is -2.80. The number of pyridine rings is 1. The third-order valence-electron chi connectivity index (χ3n) is 7.89. The van der Waals surface area contributed by atoms with Crippen molar-refractivity contribution >= 4 is 48.4 Å². The first-order chi connectivity index (χ1) is 18.2. The molecule has 1 N–H and O–H groups in total. The summed E-state index contributed by atoms with van der Waals surface area (Å²) >= 11 is 1.46. The normalized spacial score (nSPS) is 21.2. The fraction of sp³-hybridized carbons (Fsp3) is 0.500. The van der Waals surface area contributed by atoms with Crippen LogP contribution in [0.4, 0.5) is 10.8 Å². The molecule has 4 heterocycles. The lowest BCUT2D eigenvalue weighted by Crippen LogP contribution is -2.37. The predicted molar refractivity (Wildman–Crippen MR) is 145 cm³/mol. The van der Waals surface area contributed by atoms with Gasteiger partial charge in [-0.3, -0.25) is 4.79 Å². The van der Waals surface area contributed by atoms with E-state index in [0.29, 0.717) is 38.0 Å². The smallest absolute Gasteiger partial charge is 0.243 e. The van der Waals surface area contributed by atoms with Gasteiger partial charge in [-0.1, -0.05) is 11.3 Å². The Morgan fingerprint density at radius 2 is 2.05 bits per heavy atom. The maximum atomic E-state index is 13.7. The van der Waals surface area contributed by atoms with Crippen LogP contribution in [0.15, 0.2) is 35.2 Å². The minimum absolute atomic E-state index is 0.0143. The molecular formula is C26H31N5O5S2. The Balaban J connectivity index is 1.43. The van der Waals surface area contributed by atoms with Crippen LogP contribution >= 0.6 is 11.3 Å². The van der Waals surface area contributed by atoms with Crippen molar-refractivity contribution in [1.82, 2.24) is 19.2 Å². The van der Waals surface area contributed by atoms with Crippen molar-refractivity contribution < 1.29 is 23.1 Å². The lowest BCUT2D eigenvalue weighted by atomic mass is 9.81. The number of rotatable bonds is 8. The maximum absolute atomic E-state index is 13.7. The fourth-order valence-electron chi connectivity index (χ4n) is 5.65. The molecule has 2 fully saturated rings. The Labute approximate surface area is 225 Å². The Kier molecular flexibility index (Phi) is 6.33. The molecule has 10 nitrogen and oxygen atoms in total. The van der Waals surface area contributed by atoms with Crippen LogP contribution < -0.4 is 9.64 Å². The predicted octanol–water partition coefficient (Wildman–Crippen LogP) is 2.73. The van der Waals surface area contributed by atoms with E-state index in [9.17, 15) is 18.3 Å². The van der Waals surface area contributed by atoms with Crippen LogP contribution in [0.3, 0.4) is 0 Å². The van der Waals surface area contributed by atoms with Crippen molar-refractivity contribution in [1.29, 1.82) is 0 Å². The highest BCUT2D eigenvalue weighted by Gasteiger charge is 2.49. The SMILES string of the molecule is COc1ccc2nc(N3CC4(CCN(C(C)=O)C4)c4cc(S(=O)(=O)N(CCO)CC5CC5)ccc43)sc2n1. The number of sulfonamides is 1. The lowest BCUT2D eigenvalue weighted by molar-refractivity contribution is -0.127. The van der Waals surface area contributed by atoms with Crippen LogP contribution in [0, 0.1) is 5.92 Å². The first kappa shape index (κ1) is 25.5. The summed E-state index contributed by atoms with van der Waals surface area (Å²) in [5, 5.41) is 10.3. The number of benzene rings is 1. The van der Waals surface area contributed by atoms with Gasteiger partial charge in [0.05, 0.1) is 18.6 Å². The minimum atomic E-state index is -3.79. The van der Waals surface area contributed by atoms with Gasteiger partial charge in [-0.2, -0.15) is 4.31 Å². The highest BCUT2D eigenvalue weighted by molar-refractivity contribution is 7.89. The molecule has 202 valence electrons. The van der Waals surface area contributed by atoms with Gasteiger partial charge in [0.1, 0.15) is 10.3 Å². The number of nitrogens with zero attached hydrogens (tertiary/aromatic N) is 5. The summed E-state index contributed by atoms with van der Waals surface area (Å²) in [6.45, 7) is 3.59. The van der Waals surface area contributed by atoms with Gasteiger partial charge in [0.15, 0.2) is 5.13 Å². The molecule has 38 heavy (non-hydrogen) atoms. The number of methoxy groups -OCH3 is 1.